The summed E-state index contributed by atoms with van der Waals surface area (Å²) in [4.78, 5) is 27.9. The summed E-state index contributed by atoms with van der Waals surface area (Å²) in [6.45, 7) is 5.21. The summed E-state index contributed by atoms with van der Waals surface area (Å²) in [7, 11) is 3.22. The van der Waals surface area contributed by atoms with Crippen molar-refractivity contribution < 1.29 is 14.3 Å². The van der Waals surface area contributed by atoms with Crippen LogP contribution >= 0.6 is 11.8 Å². The highest BCUT2D eigenvalue weighted by molar-refractivity contribution is 7.99. The molecule has 1 amide bonds. The van der Waals surface area contributed by atoms with Crippen molar-refractivity contribution in [1.82, 2.24) is 24.1 Å². The first kappa shape index (κ1) is 23.0. The van der Waals surface area contributed by atoms with Crippen molar-refractivity contribution in [2.24, 2.45) is 0 Å². The van der Waals surface area contributed by atoms with Gasteiger partial charge in [-0.3, -0.25) is 18.6 Å². The number of para-hydroxylation sites is 1. The fourth-order valence-electron chi connectivity index (χ4n) is 4.43. The van der Waals surface area contributed by atoms with Crippen LogP contribution in [0.4, 0.5) is 0 Å². The molecule has 0 atom stereocenters. The van der Waals surface area contributed by atoms with Crippen LogP contribution in [-0.2, 0) is 24.3 Å². The fourth-order valence-corrected chi connectivity index (χ4v) is 5.28. The molecule has 1 aliphatic rings. The zero-order chi connectivity index (χ0) is 24.5. The van der Waals surface area contributed by atoms with Crippen molar-refractivity contribution in [3.8, 4) is 11.5 Å². The van der Waals surface area contributed by atoms with Crippen LogP contribution in [0.2, 0.25) is 0 Å². The van der Waals surface area contributed by atoms with Crippen LogP contribution in [0.15, 0.2) is 59.0 Å². The zero-order valence-electron chi connectivity index (χ0n) is 19.6. The summed E-state index contributed by atoms with van der Waals surface area (Å²) >= 11 is 1.31. The molecule has 0 aliphatic carbocycles. The largest absolute Gasteiger partial charge is 0.493 e. The molecule has 0 fully saturated rings. The molecule has 0 radical (unpaired) electrons. The van der Waals surface area contributed by atoms with Gasteiger partial charge in [0.25, 0.3) is 5.56 Å². The van der Waals surface area contributed by atoms with Gasteiger partial charge in [0, 0.05) is 19.6 Å². The number of carbonyl (C=O) groups is 1. The van der Waals surface area contributed by atoms with E-state index in [1.165, 1.54) is 16.3 Å². The van der Waals surface area contributed by atoms with Gasteiger partial charge >= 0.3 is 0 Å². The Kier molecular flexibility index (Phi) is 6.21. The third-order valence-corrected chi connectivity index (χ3v) is 7.10. The maximum atomic E-state index is 13.1. The Bertz CT molecular complexity index is 1510. The van der Waals surface area contributed by atoms with Crippen LogP contribution in [0.5, 0.6) is 11.5 Å². The van der Waals surface area contributed by atoms with Gasteiger partial charge in [-0.05, 0) is 41.8 Å². The fraction of sp³-hybridized carbons (Fsp3) is 0.280. The smallest absolute Gasteiger partial charge is 0.263 e. The number of rotatable bonds is 7. The van der Waals surface area contributed by atoms with Gasteiger partial charge < -0.3 is 14.4 Å². The van der Waals surface area contributed by atoms with E-state index in [4.69, 9.17) is 9.47 Å². The van der Waals surface area contributed by atoms with Gasteiger partial charge in [-0.25, -0.2) is 0 Å². The highest BCUT2D eigenvalue weighted by atomic mass is 32.2. The van der Waals surface area contributed by atoms with Crippen molar-refractivity contribution in [2.45, 2.75) is 24.7 Å². The van der Waals surface area contributed by atoms with E-state index in [0.717, 1.165) is 17.5 Å². The van der Waals surface area contributed by atoms with E-state index in [1.807, 2.05) is 39.6 Å². The average Bonchev–Trinajstić information content (AvgIpc) is 3.32. The van der Waals surface area contributed by atoms with Gasteiger partial charge in [0.1, 0.15) is 0 Å². The predicted molar refractivity (Wildman–Crippen MR) is 134 cm³/mol. The molecule has 0 bridgehead atoms. The van der Waals surface area contributed by atoms with E-state index >= 15 is 0 Å². The number of methoxy groups -OCH3 is 2. The highest BCUT2D eigenvalue weighted by Gasteiger charge is 2.24. The van der Waals surface area contributed by atoms with E-state index in [1.54, 1.807) is 26.4 Å². The number of hydrogen-bond acceptors (Lipinski definition) is 7. The maximum absolute atomic E-state index is 13.1. The van der Waals surface area contributed by atoms with Crippen LogP contribution in [0.1, 0.15) is 11.1 Å². The highest BCUT2D eigenvalue weighted by Crippen LogP contribution is 2.33. The molecule has 9 nitrogen and oxygen atoms in total. The van der Waals surface area contributed by atoms with E-state index < -0.39 is 0 Å². The van der Waals surface area contributed by atoms with E-state index in [0.29, 0.717) is 53.0 Å². The second-order valence-electron chi connectivity index (χ2n) is 8.17. The third-order valence-electron chi connectivity index (χ3n) is 6.19. The van der Waals surface area contributed by atoms with Gasteiger partial charge in [-0.2, -0.15) is 0 Å². The molecular weight excluding hydrogens is 466 g/mol. The summed E-state index contributed by atoms with van der Waals surface area (Å²) < 4.78 is 14.2. The number of benzene rings is 2. The molecule has 2 aromatic carbocycles. The molecule has 1 aliphatic heterocycles. The topological polar surface area (TPSA) is 91.0 Å². The number of hydrogen-bond donors (Lipinski definition) is 0. The molecule has 35 heavy (non-hydrogen) atoms. The number of thioether (sulfide) groups is 1. The van der Waals surface area contributed by atoms with Crippen LogP contribution in [0.3, 0.4) is 0 Å². The van der Waals surface area contributed by atoms with Crippen LogP contribution in [0, 0.1) is 0 Å². The summed E-state index contributed by atoms with van der Waals surface area (Å²) in [6.07, 6.45) is 2.40. The van der Waals surface area contributed by atoms with Crippen LogP contribution < -0.4 is 15.0 Å². The van der Waals surface area contributed by atoms with Crippen molar-refractivity contribution in [1.29, 1.82) is 0 Å². The van der Waals surface area contributed by atoms with Gasteiger partial charge in [0.05, 0.1) is 30.9 Å². The Morgan fingerprint density at radius 1 is 1.14 bits per heavy atom. The standard InChI is InChI=1S/C25H25N5O4S/c1-4-10-29-23(32)18-7-5-6-8-19(18)30-24(29)26-27-25(30)35-15-22(31)28-11-9-16-12-20(33-2)21(34-3)13-17(16)14-28/h4-8,12-13H,1,9-11,14-15H2,2-3H3. The Balaban J connectivity index is 1.40. The molecule has 3 heterocycles. The molecule has 0 unspecified atom stereocenters. The minimum atomic E-state index is -0.146. The number of fused-ring (bicyclic) bond motifs is 4. The normalized spacial score (nSPS) is 13.1. The lowest BCUT2D eigenvalue weighted by Crippen LogP contribution is -2.37. The first-order chi connectivity index (χ1) is 17.0. The zero-order valence-corrected chi connectivity index (χ0v) is 20.4. The Labute approximate surface area is 206 Å². The first-order valence-corrected chi connectivity index (χ1v) is 12.2. The number of carbonyl (C=O) groups excluding carboxylic acids is 1. The molecule has 5 rings (SSSR count). The maximum Gasteiger partial charge on any atom is 0.263 e. The van der Waals surface area contributed by atoms with Crippen molar-refractivity contribution in [3.05, 3.63) is 70.5 Å². The molecule has 2 aromatic heterocycles. The number of aromatic nitrogens is 4. The summed E-state index contributed by atoms with van der Waals surface area (Å²) in [5.74, 6) is 2.00. The Morgan fingerprint density at radius 2 is 1.89 bits per heavy atom. The lowest BCUT2D eigenvalue weighted by molar-refractivity contribution is -0.129. The first-order valence-electron chi connectivity index (χ1n) is 11.2. The quantitative estimate of drug-likeness (QED) is 0.290. The SMILES string of the molecule is C=CCn1c(=O)c2ccccc2n2c(SCC(=O)N3CCc4cc(OC)c(OC)cc4C3)nnc12. The molecular formula is C25H25N5O4S. The monoisotopic (exact) mass is 491 g/mol. The summed E-state index contributed by atoms with van der Waals surface area (Å²) in [5.41, 5.74) is 2.78. The molecule has 10 heteroatoms. The van der Waals surface area contributed by atoms with Crippen LogP contribution in [-0.4, -0.2) is 56.5 Å². The van der Waals surface area contributed by atoms with Gasteiger partial charge in [0.15, 0.2) is 16.7 Å². The van der Waals surface area contributed by atoms with Crippen LogP contribution in [0.25, 0.3) is 16.7 Å². The molecule has 180 valence electrons. The Morgan fingerprint density at radius 3 is 2.63 bits per heavy atom. The molecule has 4 aromatic rings. The number of allylic oxidation sites excluding steroid dienone is 1. The molecule has 0 spiro atoms. The van der Waals surface area contributed by atoms with Crippen molar-refractivity contribution >= 4 is 34.3 Å². The Hall–Kier alpha value is -3.79. The second kappa shape index (κ2) is 9.46. The third kappa shape index (κ3) is 4.03. The number of amides is 1. The molecule has 0 saturated heterocycles. The van der Waals surface area contributed by atoms with Gasteiger partial charge in [0.2, 0.25) is 11.7 Å². The molecule has 0 saturated carbocycles. The average molecular weight is 492 g/mol. The van der Waals surface area contributed by atoms with E-state index in [-0.39, 0.29) is 17.2 Å². The lowest BCUT2D eigenvalue weighted by atomic mass is 9.99. The lowest BCUT2D eigenvalue weighted by Gasteiger charge is -2.29. The summed E-state index contributed by atoms with van der Waals surface area (Å²) in [6, 6.07) is 11.3. The van der Waals surface area contributed by atoms with Gasteiger partial charge in [-0.15, -0.1) is 16.8 Å². The van der Waals surface area contributed by atoms with E-state index in [9.17, 15) is 9.59 Å². The predicted octanol–water partition coefficient (Wildman–Crippen LogP) is 2.92. The van der Waals surface area contributed by atoms with E-state index in [2.05, 4.69) is 16.8 Å². The number of ether oxygens (including phenoxy) is 2. The minimum Gasteiger partial charge on any atom is -0.493 e. The van der Waals surface area contributed by atoms with Crippen molar-refractivity contribution in [2.75, 3.05) is 26.5 Å². The number of nitrogens with zero attached hydrogens (tertiary/aromatic N) is 5. The molecule has 0 N–H and O–H groups in total. The van der Waals surface area contributed by atoms with Crippen molar-refractivity contribution in [3.63, 3.8) is 0 Å². The van der Waals surface area contributed by atoms with Gasteiger partial charge in [-0.1, -0.05) is 30.0 Å². The minimum absolute atomic E-state index is 0.0101. The second-order valence-corrected chi connectivity index (χ2v) is 9.11. The summed E-state index contributed by atoms with van der Waals surface area (Å²) in [5, 5.41) is 9.69.